The number of thioether (sulfide) groups is 1. The van der Waals surface area contributed by atoms with E-state index < -0.39 is 5.41 Å². The Balaban J connectivity index is 2.40. The summed E-state index contributed by atoms with van der Waals surface area (Å²) in [6.45, 7) is 6.53. The Morgan fingerprint density at radius 2 is 1.77 bits per heavy atom. The van der Waals surface area contributed by atoms with Gasteiger partial charge in [-0.2, -0.15) is 0 Å². The van der Waals surface area contributed by atoms with E-state index in [2.05, 4.69) is 17.4 Å². The standard InChI is InChI=1S/C17H26N2O2S/c1-17(2,3)16(21)18-11-10-15(20)19(4)12-13-6-8-14(22-5)9-7-13/h6-9H,10-12H2,1-5H3,(H,18,21). The molecule has 2 amide bonds. The molecule has 0 aromatic heterocycles. The SMILES string of the molecule is CSc1ccc(CN(C)C(=O)CCNC(=O)C(C)(C)C)cc1. The van der Waals surface area contributed by atoms with Crippen LogP contribution in [0.15, 0.2) is 29.2 Å². The maximum absolute atomic E-state index is 12.1. The fraction of sp³-hybridized carbons (Fsp3) is 0.529. The van der Waals surface area contributed by atoms with Crippen LogP contribution in [0.25, 0.3) is 0 Å². The highest BCUT2D eigenvalue weighted by molar-refractivity contribution is 7.98. The van der Waals surface area contributed by atoms with Crippen LogP contribution in [0.3, 0.4) is 0 Å². The molecule has 0 saturated heterocycles. The zero-order chi connectivity index (χ0) is 16.8. The number of carbonyl (C=O) groups excluding carboxylic acids is 2. The van der Waals surface area contributed by atoms with Gasteiger partial charge in [0.25, 0.3) is 0 Å². The first kappa shape index (κ1) is 18.6. The van der Waals surface area contributed by atoms with E-state index in [1.54, 1.807) is 23.7 Å². The lowest BCUT2D eigenvalue weighted by Crippen LogP contribution is -2.37. The third kappa shape index (κ3) is 6.10. The zero-order valence-corrected chi connectivity index (χ0v) is 14.9. The van der Waals surface area contributed by atoms with Crippen molar-refractivity contribution in [2.45, 2.75) is 38.6 Å². The summed E-state index contributed by atoms with van der Waals surface area (Å²) in [4.78, 5) is 26.7. The second-order valence-corrected chi connectivity index (χ2v) is 7.23. The van der Waals surface area contributed by atoms with Crippen molar-refractivity contribution in [2.75, 3.05) is 19.8 Å². The minimum absolute atomic E-state index is 0.0307. The minimum Gasteiger partial charge on any atom is -0.355 e. The number of benzene rings is 1. The molecule has 0 saturated carbocycles. The van der Waals surface area contributed by atoms with Gasteiger partial charge in [0.1, 0.15) is 0 Å². The molecule has 0 spiro atoms. The summed E-state index contributed by atoms with van der Waals surface area (Å²) < 4.78 is 0. The zero-order valence-electron chi connectivity index (χ0n) is 14.1. The van der Waals surface area contributed by atoms with Crippen LogP contribution < -0.4 is 5.32 Å². The van der Waals surface area contributed by atoms with E-state index in [9.17, 15) is 9.59 Å². The topological polar surface area (TPSA) is 49.4 Å². The average Bonchev–Trinajstić information content (AvgIpc) is 2.46. The summed E-state index contributed by atoms with van der Waals surface area (Å²) >= 11 is 1.70. The Morgan fingerprint density at radius 3 is 2.27 bits per heavy atom. The second kappa shape index (κ2) is 8.22. The Bertz CT molecular complexity index is 506. The Labute approximate surface area is 137 Å². The van der Waals surface area contributed by atoms with Crippen LogP contribution >= 0.6 is 11.8 Å². The van der Waals surface area contributed by atoms with Crippen molar-refractivity contribution in [1.82, 2.24) is 10.2 Å². The quantitative estimate of drug-likeness (QED) is 0.819. The molecule has 0 aliphatic rings. The van der Waals surface area contributed by atoms with E-state index in [0.29, 0.717) is 19.5 Å². The van der Waals surface area contributed by atoms with Crippen LogP contribution in [0.2, 0.25) is 0 Å². The van der Waals surface area contributed by atoms with E-state index in [0.717, 1.165) is 5.56 Å². The summed E-state index contributed by atoms with van der Waals surface area (Å²) in [6, 6.07) is 8.19. The first-order valence-corrected chi connectivity index (χ1v) is 8.61. The fourth-order valence-corrected chi connectivity index (χ4v) is 2.24. The molecule has 0 aliphatic carbocycles. The molecular weight excluding hydrogens is 296 g/mol. The summed E-state index contributed by atoms with van der Waals surface area (Å²) in [5.41, 5.74) is 0.681. The Hall–Kier alpha value is -1.49. The highest BCUT2D eigenvalue weighted by Crippen LogP contribution is 2.16. The Kier molecular flexibility index (Phi) is 6.94. The molecule has 0 bridgehead atoms. The van der Waals surface area contributed by atoms with Gasteiger partial charge in [-0.1, -0.05) is 32.9 Å². The molecule has 5 heteroatoms. The van der Waals surface area contributed by atoms with Crippen molar-refractivity contribution in [3.05, 3.63) is 29.8 Å². The van der Waals surface area contributed by atoms with Gasteiger partial charge in [-0.15, -0.1) is 11.8 Å². The molecule has 1 N–H and O–H groups in total. The lowest BCUT2D eigenvalue weighted by molar-refractivity contribution is -0.131. The molecule has 0 heterocycles. The number of rotatable bonds is 6. The third-order valence-corrected chi connectivity index (χ3v) is 4.05. The summed E-state index contributed by atoms with van der Waals surface area (Å²) in [5, 5.41) is 2.80. The molecule has 0 unspecified atom stereocenters. The van der Waals surface area contributed by atoms with E-state index in [1.165, 1.54) is 4.90 Å². The summed E-state index contributed by atoms with van der Waals surface area (Å²) in [7, 11) is 1.79. The fourth-order valence-electron chi connectivity index (χ4n) is 1.83. The average molecular weight is 322 g/mol. The van der Waals surface area contributed by atoms with Gasteiger partial charge < -0.3 is 10.2 Å². The Morgan fingerprint density at radius 1 is 1.18 bits per heavy atom. The molecule has 4 nitrogen and oxygen atoms in total. The van der Waals surface area contributed by atoms with Gasteiger partial charge in [0, 0.05) is 36.9 Å². The van der Waals surface area contributed by atoms with Gasteiger partial charge >= 0.3 is 0 Å². The molecule has 1 aromatic carbocycles. The summed E-state index contributed by atoms with van der Waals surface area (Å²) in [5.74, 6) is -0.00115. The number of hydrogen-bond acceptors (Lipinski definition) is 3. The molecular formula is C17H26N2O2S. The number of hydrogen-bond donors (Lipinski definition) is 1. The lowest BCUT2D eigenvalue weighted by Gasteiger charge is -2.20. The van der Waals surface area contributed by atoms with Crippen molar-refractivity contribution < 1.29 is 9.59 Å². The highest BCUT2D eigenvalue weighted by Gasteiger charge is 2.20. The number of nitrogens with one attached hydrogen (secondary N) is 1. The van der Waals surface area contributed by atoms with Gasteiger partial charge in [0.2, 0.25) is 11.8 Å². The van der Waals surface area contributed by atoms with Crippen molar-refractivity contribution >= 4 is 23.6 Å². The molecule has 122 valence electrons. The largest absolute Gasteiger partial charge is 0.355 e. The van der Waals surface area contributed by atoms with Crippen molar-refractivity contribution in [1.29, 1.82) is 0 Å². The first-order valence-electron chi connectivity index (χ1n) is 7.39. The van der Waals surface area contributed by atoms with E-state index in [4.69, 9.17) is 0 Å². The maximum atomic E-state index is 12.1. The molecule has 0 atom stereocenters. The van der Waals surface area contributed by atoms with Crippen LogP contribution in [0.1, 0.15) is 32.8 Å². The van der Waals surface area contributed by atoms with E-state index in [-0.39, 0.29) is 11.8 Å². The first-order chi connectivity index (χ1) is 10.2. The van der Waals surface area contributed by atoms with Gasteiger partial charge in [0.15, 0.2) is 0 Å². The maximum Gasteiger partial charge on any atom is 0.225 e. The monoisotopic (exact) mass is 322 g/mol. The van der Waals surface area contributed by atoms with E-state index >= 15 is 0 Å². The van der Waals surface area contributed by atoms with Crippen LogP contribution in [-0.2, 0) is 16.1 Å². The number of nitrogens with zero attached hydrogens (tertiary/aromatic N) is 1. The van der Waals surface area contributed by atoms with Crippen molar-refractivity contribution in [3.8, 4) is 0 Å². The number of carbonyl (C=O) groups is 2. The lowest BCUT2D eigenvalue weighted by atomic mass is 9.96. The van der Waals surface area contributed by atoms with Crippen LogP contribution in [0.5, 0.6) is 0 Å². The minimum atomic E-state index is -0.423. The third-order valence-electron chi connectivity index (χ3n) is 3.31. The predicted octanol–water partition coefficient (Wildman–Crippen LogP) is 2.92. The van der Waals surface area contributed by atoms with Crippen molar-refractivity contribution in [3.63, 3.8) is 0 Å². The van der Waals surface area contributed by atoms with Gasteiger partial charge in [-0.25, -0.2) is 0 Å². The van der Waals surface area contributed by atoms with Gasteiger partial charge in [-0.3, -0.25) is 9.59 Å². The van der Waals surface area contributed by atoms with Crippen molar-refractivity contribution in [2.24, 2.45) is 5.41 Å². The van der Waals surface area contributed by atoms with Gasteiger partial charge in [-0.05, 0) is 24.0 Å². The number of amides is 2. The van der Waals surface area contributed by atoms with Crippen LogP contribution in [-0.4, -0.2) is 36.6 Å². The molecule has 0 fully saturated rings. The van der Waals surface area contributed by atoms with E-state index in [1.807, 2.05) is 39.2 Å². The van der Waals surface area contributed by atoms with Gasteiger partial charge in [0.05, 0.1) is 0 Å². The molecule has 1 rings (SSSR count). The van der Waals surface area contributed by atoms with Crippen LogP contribution in [0, 0.1) is 5.41 Å². The molecule has 22 heavy (non-hydrogen) atoms. The second-order valence-electron chi connectivity index (χ2n) is 6.35. The molecule has 0 aliphatic heterocycles. The molecule has 1 aromatic rings. The summed E-state index contributed by atoms with van der Waals surface area (Å²) in [6.07, 6.45) is 2.36. The predicted molar refractivity (Wildman–Crippen MR) is 91.8 cm³/mol. The molecule has 0 radical (unpaired) electrons. The van der Waals surface area contributed by atoms with Crippen LogP contribution in [0.4, 0.5) is 0 Å². The normalized spacial score (nSPS) is 11.1. The smallest absolute Gasteiger partial charge is 0.225 e. The highest BCUT2D eigenvalue weighted by atomic mass is 32.2.